The smallest absolute Gasteiger partial charge is 0.258 e. The predicted molar refractivity (Wildman–Crippen MR) is 132 cm³/mol. The molecule has 5 nitrogen and oxygen atoms in total. The molecule has 33 heavy (non-hydrogen) atoms. The summed E-state index contributed by atoms with van der Waals surface area (Å²) in [5, 5.41) is 1.34. The van der Waals surface area contributed by atoms with Gasteiger partial charge in [0.2, 0.25) is 0 Å². The fourth-order valence-electron chi connectivity index (χ4n) is 5.96. The van der Waals surface area contributed by atoms with Crippen LogP contribution in [0.15, 0.2) is 71.7 Å². The number of aryl methyl sites for hydroxylation is 1. The van der Waals surface area contributed by atoms with Crippen LogP contribution in [0.25, 0.3) is 22.0 Å². The van der Waals surface area contributed by atoms with Crippen molar-refractivity contribution >= 4 is 10.9 Å². The highest BCUT2D eigenvalue weighted by Crippen LogP contribution is 2.37. The number of piperidine rings is 1. The number of hydrogen-bond donors (Lipinski definition) is 0. The largest absolute Gasteiger partial charge is 0.497 e. The van der Waals surface area contributed by atoms with Gasteiger partial charge >= 0.3 is 0 Å². The van der Waals surface area contributed by atoms with Gasteiger partial charge in [-0.15, -0.1) is 0 Å². The van der Waals surface area contributed by atoms with E-state index in [1.807, 2.05) is 34.9 Å². The average molecular weight is 440 g/mol. The van der Waals surface area contributed by atoms with Crippen LogP contribution in [0.4, 0.5) is 0 Å². The summed E-state index contributed by atoms with van der Waals surface area (Å²) in [4.78, 5) is 16.0. The zero-order valence-corrected chi connectivity index (χ0v) is 19.2. The highest BCUT2D eigenvalue weighted by molar-refractivity contribution is 5.83. The second-order valence-electron chi connectivity index (χ2n) is 9.59. The number of ether oxygens (including phenoxy) is 1. The lowest BCUT2D eigenvalue weighted by Crippen LogP contribution is -2.46. The van der Waals surface area contributed by atoms with Crippen molar-refractivity contribution in [1.29, 1.82) is 0 Å². The van der Waals surface area contributed by atoms with E-state index in [2.05, 4.69) is 53.0 Å². The maximum atomic E-state index is 13.4. The molecule has 4 aromatic rings. The lowest BCUT2D eigenvalue weighted by atomic mass is 9.82. The molecule has 2 aromatic carbocycles. The number of pyridine rings is 1. The summed E-state index contributed by atoms with van der Waals surface area (Å²) in [7, 11) is 3.78. The van der Waals surface area contributed by atoms with E-state index in [0.717, 1.165) is 43.1 Å². The molecule has 0 saturated carbocycles. The fourth-order valence-corrected chi connectivity index (χ4v) is 5.96. The van der Waals surface area contributed by atoms with Crippen LogP contribution in [0.3, 0.4) is 0 Å². The first-order valence-electron chi connectivity index (χ1n) is 11.7. The average Bonchev–Trinajstić information content (AvgIpc) is 3.15. The maximum Gasteiger partial charge on any atom is 0.258 e. The molecule has 4 heterocycles. The Hall–Kier alpha value is -3.31. The molecule has 0 amide bonds. The molecule has 0 N–H and O–H groups in total. The molecule has 2 aromatic heterocycles. The molecule has 1 saturated heterocycles. The first-order chi connectivity index (χ1) is 16.1. The third-order valence-corrected chi connectivity index (χ3v) is 7.45. The van der Waals surface area contributed by atoms with Crippen molar-refractivity contribution in [3.8, 4) is 16.9 Å². The minimum absolute atomic E-state index is 0.134. The molecular formula is C28H29N3O2. The van der Waals surface area contributed by atoms with Crippen LogP contribution < -0.4 is 10.3 Å². The fraction of sp³-hybridized carbons (Fsp3) is 0.321. The molecule has 2 bridgehead atoms. The quantitative estimate of drug-likeness (QED) is 0.465. The van der Waals surface area contributed by atoms with Crippen molar-refractivity contribution in [2.45, 2.75) is 25.4 Å². The van der Waals surface area contributed by atoms with Gasteiger partial charge in [0.25, 0.3) is 5.56 Å². The molecule has 2 aliphatic heterocycles. The van der Waals surface area contributed by atoms with Gasteiger partial charge in [0.1, 0.15) is 5.75 Å². The zero-order valence-electron chi connectivity index (χ0n) is 19.2. The molecule has 168 valence electrons. The Kier molecular flexibility index (Phi) is 4.88. The van der Waals surface area contributed by atoms with Crippen molar-refractivity contribution in [3.05, 3.63) is 88.5 Å². The number of para-hydroxylation sites is 1. The standard InChI is InChI=1S/C28H29N3O2/c1-29-16-22(24-5-3-4-6-27(24)29)18-30-14-19-13-21(17-30)26-12-11-25(28(32)31(26)15-19)20-7-9-23(33-2)10-8-20/h3-12,16,19,21H,13-15,17-18H2,1-2H3/t19-,21+/m0/s1. The van der Waals surface area contributed by atoms with Gasteiger partial charge in [-0.05, 0) is 53.8 Å². The summed E-state index contributed by atoms with van der Waals surface area (Å²) in [6, 6.07) is 20.6. The van der Waals surface area contributed by atoms with E-state index in [4.69, 9.17) is 4.74 Å². The maximum absolute atomic E-state index is 13.4. The Labute approximate surface area is 193 Å². The molecule has 0 radical (unpaired) electrons. The zero-order chi connectivity index (χ0) is 22.5. The van der Waals surface area contributed by atoms with Crippen LogP contribution in [-0.2, 0) is 20.1 Å². The summed E-state index contributed by atoms with van der Waals surface area (Å²) in [5.74, 6) is 1.72. The highest BCUT2D eigenvalue weighted by atomic mass is 16.5. The van der Waals surface area contributed by atoms with E-state index in [1.54, 1.807) is 7.11 Å². The Morgan fingerprint density at radius 1 is 0.970 bits per heavy atom. The second kappa shape index (κ2) is 7.92. The van der Waals surface area contributed by atoms with Gasteiger partial charge in [0.15, 0.2) is 0 Å². The second-order valence-corrected chi connectivity index (χ2v) is 9.59. The molecule has 0 aliphatic carbocycles. The minimum atomic E-state index is 0.134. The topological polar surface area (TPSA) is 39.4 Å². The van der Waals surface area contributed by atoms with Crippen molar-refractivity contribution in [2.75, 3.05) is 20.2 Å². The summed E-state index contributed by atoms with van der Waals surface area (Å²) >= 11 is 0. The van der Waals surface area contributed by atoms with Gasteiger partial charge in [-0.2, -0.15) is 0 Å². The van der Waals surface area contributed by atoms with Crippen molar-refractivity contribution in [3.63, 3.8) is 0 Å². The first kappa shape index (κ1) is 20.3. The summed E-state index contributed by atoms with van der Waals surface area (Å²) < 4.78 is 9.54. The van der Waals surface area contributed by atoms with Gasteiger partial charge in [-0.25, -0.2) is 0 Å². The van der Waals surface area contributed by atoms with Crippen molar-refractivity contribution < 1.29 is 4.74 Å². The number of benzene rings is 2. The van der Waals surface area contributed by atoms with E-state index < -0.39 is 0 Å². The Balaban J connectivity index is 1.28. The summed E-state index contributed by atoms with van der Waals surface area (Å²) in [5.41, 5.74) is 5.72. The Bertz CT molecular complexity index is 1380. The minimum Gasteiger partial charge on any atom is -0.497 e. The highest BCUT2D eigenvalue weighted by Gasteiger charge is 2.35. The Morgan fingerprint density at radius 3 is 2.61 bits per heavy atom. The number of methoxy groups -OCH3 is 1. The molecule has 2 aliphatic rings. The predicted octanol–water partition coefficient (Wildman–Crippen LogP) is 4.63. The van der Waals surface area contributed by atoms with Gasteiger partial charge < -0.3 is 13.9 Å². The number of rotatable bonds is 4. The summed E-state index contributed by atoms with van der Waals surface area (Å²) in [6.07, 6.45) is 3.45. The van der Waals surface area contributed by atoms with Gasteiger partial charge in [-0.1, -0.05) is 30.3 Å². The van der Waals surface area contributed by atoms with Crippen molar-refractivity contribution in [2.24, 2.45) is 13.0 Å². The number of fused-ring (bicyclic) bond motifs is 5. The molecular weight excluding hydrogens is 410 g/mol. The van der Waals surface area contributed by atoms with Crippen LogP contribution in [0.5, 0.6) is 5.75 Å². The number of nitrogens with zero attached hydrogens (tertiary/aromatic N) is 3. The van der Waals surface area contributed by atoms with Crippen LogP contribution in [0.2, 0.25) is 0 Å². The van der Waals surface area contributed by atoms with Crippen LogP contribution in [0.1, 0.15) is 23.6 Å². The molecule has 2 atom stereocenters. The third-order valence-electron chi connectivity index (χ3n) is 7.45. The van der Waals surface area contributed by atoms with Gasteiger partial charge in [0, 0.05) is 67.5 Å². The van der Waals surface area contributed by atoms with Gasteiger partial charge in [-0.3, -0.25) is 9.69 Å². The van der Waals surface area contributed by atoms with Gasteiger partial charge in [0.05, 0.1) is 7.11 Å². The molecule has 0 spiro atoms. The molecule has 5 heteroatoms. The molecule has 1 fully saturated rings. The van der Waals surface area contributed by atoms with E-state index in [-0.39, 0.29) is 5.56 Å². The van der Waals surface area contributed by atoms with Crippen molar-refractivity contribution in [1.82, 2.24) is 14.0 Å². The normalized spacial score (nSPS) is 20.1. The van der Waals surface area contributed by atoms with E-state index in [0.29, 0.717) is 11.8 Å². The van der Waals surface area contributed by atoms with E-state index in [9.17, 15) is 4.79 Å². The van der Waals surface area contributed by atoms with Crippen LogP contribution >= 0.6 is 0 Å². The monoisotopic (exact) mass is 439 g/mol. The third kappa shape index (κ3) is 3.47. The lowest BCUT2D eigenvalue weighted by Gasteiger charge is -2.43. The Morgan fingerprint density at radius 2 is 1.79 bits per heavy atom. The molecule has 6 rings (SSSR count). The SMILES string of the molecule is COc1ccc(-c2ccc3n(c2=O)C[C@H]2C[C@@H]3CN(Cc3cn(C)c4ccccc34)C2)cc1. The number of hydrogen-bond acceptors (Lipinski definition) is 3. The van der Waals surface area contributed by atoms with E-state index in [1.165, 1.54) is 28.6 Å². The number of likely N-dealkylation sites (tertiary alicyclic amines) is 1. The molecule has 0 unspecified atom stereocenters. The number of aromatic nitrogens is 2. The van der Waals surface area contributed by atoms with E-state index >= 15 is 0 Å². The lowest BCUT2D eigenvalue weighted by molar-refractivity contribution is 0.115. The summed E-state index contributed by atoms with van der Waals surface area (Å²) in [6.45, 7) is 3.81. The van der Waals surface area contributed by atoms with Crippen LogP contribution in [-0.4, -0.2) is 34.2 Å². The van der Waals surface area contributed by atoms with Crippen LogP contribution in [0, 0.1) is 5.92 Å². The first-order valence-corrected chi connectivity index (χ1v) is 11.7.